The van der Waals surface area contributed by atoms with Crippen LogP contribution in [0.3, 0.4) is 0 Å². The van der Waals surface area contributed by atoms with E-state index in [1.54, 1.807) is 39.5 Å². The Kier molecular flexibility index (Phi) is 5.46. The first kappa shape index (κ1) is 16.7. The number of amides is 1. The fourth-order valence-corrected chi connectivity index (χ4v) is 2.39. The van der Waals surface area contributed by atoms with Gasteiger partial charge in [0.05, 0.1) is 33.4 Å². The molecule has 5 heteroatoms. The molecule has 0 radical (unpaired) electrons. The van der Waals surface area contributed by atoms with Gasteiger partial charge in [0.25, 0.3) is 5.91 Å². The van der Waals surface area contributed by atoms with E-state index in [0.29, 0.717) is 23.6 Å². The van der Waals surface area contributed by atoms with Gasteiger partial charge in [-0.2, -0.15) is 0 Å². The average molecular weight is 315 g/mol. The lowest BCUT2D eigenvalue weighted by Crippen LogP contribution is -2.23. The fraction of sp³-hybridized carbons (Fsp3) is 0.278. The molecule has 0 aromatic heterocycles. The monoisotopic (exact) mass is 315 g/mol. The second-order valence-electron chi connectivity index (χ2n) is 5.01. The zero-order valence-corrected chi connectivity index (χ0v) is 13.8. The Morgan fingerprint density at radius 3 is 2.09 bits per heavy atom. The lowest BCUT2D eigenvalue weighted by atomic mass is 10.1. The Labute approximate surface area is 136 Å². The quantitative estimate of drug-likeness (QED) is 0.890. The molecule has 0 aliphatic rings. The Morgan fingerprint density at radius 2 is 1.57 bits per heavy atom. The lowest BCUT2D eigenvalue weighted by molar-refractivity contribution is 0.0950. The van der Waals surface area contributed by atoms with Crippen molar-refractivity contribution >= 4 is 5.91 Å². The topological polar surface area (TPSA) is 56.8 Å². The van der Waals surface area contributed by atoms with Gasteiger partial charge in [0.2, 0.25) is 0 Å². The van der Waals surface area contributed by atoms with Gasteiger partial charge in [-0.15, -0.1) is 0 Å². The normalized spacial score (nSPS) is 10.1. The largest absolute Gasteiger partial charge is 0.496 e. The molecule has 0 aliphatic heterocycles. The molecule has 2 aromatic rings. The van der Waals surface area contributed by atoms with Gasteiger partial charge in [-0.05, 0) is 42.8 Å². The number of carbonyl (C=O) groups is 1. The molecule has 1 amide bonds. The van der Waals surface area contributed by atoms with E-state index in [4.69, 9.17) is 14.2 Å². The van der Waals surface area contributed by atoms with Crippen LogP contribution < -0.4 is 19.5 Å². The Morgan fingerprint density at radius 1 is 0.957 bits per heavy atom. The first-order valence-corrected chi connectivity index (χ1v) is 7.23. The van der Waals surface area contributed by atoms with Crippen LogP contribution in [-0.2, 0) is 6.54 Å². The Bertz CT molecular complexity index is 675. The van der Waals surface area contributed by atoms with E-state index < -0.39 is 0 Å². The summed E-state index contributed by atoms with van der Waals surface area (Å²) in [6, 6.07) is 10.8. The maximum atomic E-state index is 12.3. The van der Waals surface area contributed by atoms with Crippen molar-refractivity contribution in [1.29, 1.82) is 0 Å². The standard InChI is InChI=1S/C18H21NO4/c1-12-10-13(8-9-15(12)21-2)18(20)19-11-14-16(22-3)6-5-7-17(14)23-4/h5-10H,11H2,1-4H3,(H,19,20). The molecule has 0 bridgehead atoms. The third kappa shape index (κ3) is 3.74. The summed E-state index contributed by atoms with van der Waals surface area (Å²) in [7, 11) is 4.79. The van der Waals surface area contributed by atoms with Gasteiger partial charge in [-0.25, -0.2) is 0 Å². The molecule has 5 nitrogen and oxygen atoms in total. The number of nitrogens with one attached hydrogen (secondary N) is 1. The first-order valence-electron chi connectivity index (χ1n) is 7.23. The molecule has 0 heterocycles. The molecule has 0 saturated heterocycles. The molecular weight excluding hydrogens is 294 g/mol. The summed E-state index contributed by atoms with van der Waals surface area (Å²) in [5.41, 5.74) is 2.29. The number of hydrogen-bond acceptors (Lipinski definition) is 4. The van der Waals surface area contributed by atoms with Crippen LogP contribution >= 0.6 is 0 Å². The van der Waals surface area contributed by atoms with Crippen LogP contribution in [0.15, 0.2) is 36.4 Å². The second-order valence-corrected chi connectivity index (χ2v) is 5.01. The van der Waals surface area contributed by atoms with Crippen molar-refractivity contribution in [2.75, 3.05) is 21.3 Å². The smallest absolute Gasteiger partial charge is 0.251 e. The van der Waals surface area contributed by atoms with Gasteiger partial charge in [-0.1, -0.05) is 6.07 Å². The summed E-state index contributed by atoms with van der Waals surface area (Å²) in [6.07, 6.45) is 0. The third-order valence-corrected chi connectivity index (χ3v) is 3.61. The molecule has 23 heavy (non-hydrogen) atoms. The molecule has 0 atom stereocenters. The summed E-state index contributed by atoms with van der Waals surface area (Å²) >= 11 is 0. The molecule has 0 spiro atoms. The van der Waals surface area contributed by atoms with Crippen LogP contribution in [0.4, 0.5) is 0 Å². The van der Waals surface area contributed by atoms with E-state index >= 15 is 0 Å². The van der Waals surface area contributed by atoms with Gasteiger partial charge < -0.3 is 19.5 Å². The highest BCUT2D eigenvalue weighted by Gasteiger charge is 2.13. The molecule has 0 aliphatic carbocycles. The minimum absolute atomic E-state index is 0.163. The highest BCUT2D eigenvalue weighted by Crippen LogP contribution is 2.28. The molecule has 2 aromatic carbocycles. The highest BCUT2D eigenvalue weighted by atomic mass is 16.5. The van der Waals surface area contributed by atoms with E-state index in [0.717, 1.165) is 16.9 Å². The third-order valence-electron chi connectivity index (χ3n) is 3.61. The van der Waals surface area contributed by atoms with Crippen molar-refractivity contribution in [3.05, 3.63) is 53.1 Å². The maximum absolute atomic E-state index is 12.3. The number of aryl methyl sites for hydroxylation is 1. The van der Waals surface area contributed by atoms with Crippen LogP contribution in [-0.4, -0.2) is 27.2 Å². The van der Waals surface area contributed by atoms with Crippen molar-refractivity contribution in [3.63, 3.8) is 0 Å². The average Bonchev–Trinajstić information content (AvgIpc) is 2.59. The lowest BCUT2D eigenvalue weighted by Gasteiger charge is -2.14. The molecule has 0 unspecified atom stereocenters. The maximum Gasteiger partial charge on any atom is 0.251 e. The molecular formula is C18H21NO4. The number of hydrogen-bond donors (Lipinski definition) is 1. The van der Waals surface area contributed by atoms with Crippen molar-refractivity contribution in [3.8, 4) is 17.2 Å². The van der Waals surface area contributed by atoms with E-state index in [1.165, 1.54) is 0 Å². The summed E-state index contributed by atoms with van der Waals surface area (Å²) in [5, 5.41) is 2.89. The molecule has 1 N–H and O–H groups in total. The van der Waals surface area contributed by atoms with Crippen molar-refractivity contribution in [1.82, 2.24) is 5.32 Å². The zero-order valence-electron chi connectivity index (χ0n) is 13.8. The van der Waals surface area contributed by atoms with Gasteiger partial charge in [0.15, 0.2) is 0 Å². The van der Waals surface area contributed by atoms with Crippen LogP contribution in [0.2, 0.25) is 0 Å². The first-order chi connectivity index (χ1) is 11.1. The van der Waals surface area contributed by atoms with Crippen molar-refractivity contribution < 1.29 is 19.0 Å². The number of benzene rings is 2. The summed E-state index contributed by atoms with van der Waals surface area (Å²) in [5.74, 6) is 1.95. The SMILES string of the molecule is COc1ccc(C(=O)NCc2c(OC)cccc2OC)cc1C. The number of carbonyl (C=O) groups excluding carboxylic acids is 1. The van der Waals surface area contributed by atoms with Crippen molar-refractivity contribution in [2.45, 2.75) is 13.5 Å². The van der Waals surface area contributed by atoms with E-state index in [2.05, 4.69) is 5.32 Å². The summed E-state index contributed by atoms with van der Waals surface area (Å²) in [6.45, 7) is 2.22. The van der Waals surface area contributed by atoms with Crippen LogP contribution in [0.5, 0.6) is 17.2 Å². The van der Waals surface area contributed by atoms with E-state index in [9.17, 15) is 4.79 Å². The minimum atomic E-state index is -0.163. The van der Waals surface area contributed by atoms with Gasteiger partial charge in [0.1, 0.15) is 17.2 Å². The Balaban J connectivity index is 2.15. The number of rotatable bonds is 6. The predicted octanol–water partition coefficient (Wildman–Crippen LogP) is 2.95. The van der Waals surface area contributed by atoms with Crippen molar-refractivity contribution in [2.24, 2.45) is 0 Å². The van der Waals surface area contributed by atoms with E-state index in [1.807, 2.05) is 25.1 Å². The van der Waals surface area contributed by atoms with E-state index in [-0.39, 0.29) is 5.91 Å². The molecule has 2 rings (SSSR count). The molecule has 0 saturated carbocycles. The Hall–Kier alpha value is -2.69. The molecule has 122 valence electrons. The van der Waals surface area contributed by atoms with Crippen LogP contribution in [0, 0.1) is 6.92 Å². The van der Waals surface area contributed by atoms with Crippen LogP contribution in [0.25, 0.3) is 0 Å². The van der Waals surface area contributed by atoms with Gasteiger partial charge >= 0.3 is 0 Å². The summed E-state index contributed by atoms with van der Waals surface area (Å²) < 4.78 is 15.9. The van der Waals surface area contributed by atoms with Gasteiger partial charge in [-0.3, -0.25) is 4.79 Å². The van der Waals surface area contributed by atoms with Crippen LogP contribution in [0.1, 0.15) is 21.5 Å². The minimum Gasteiger partial charge on any atom is -0.496 e. The predicted molar refractivity (Wildman–Crippen MR) is 88.4 cm³/mol. The summed E-state index contributed by atoms with van der Waals surface area (Å²) in [4.78, 5) is 12.3. The zero-order chi connectivity index (χ0) is 16.8. The second kappa shape index (κ2) is 7.54. The molecule has 0 fully saturated rings. The highest BCUT2D eigenvalue weighted by molar-refractivity contribution is 5.94. The number of methoxy groups -OCH3 is 3. The van der Waals surface area contributed by atoms with Gasteiger partial charge in [0, 0.05) is 5.56 Å². The number of ether oxygens (including phenoxy) is 3. The fourth-order valence-electron chi connectivity index (χ4n) is 2.39.